The molecule has 2 aromatic rings. The van der Waals surface area contributed by atoms with Gasteiger partial charge in [-0.1, -0.05) is 60.9 Å². The summed E-state index contributed by atoms with van der Waals surface area (Å²) in [5, 5.41) is 19.7. The quantitative estimate of drug-likeness (QED) is 0.0415. The number of alkyl carbamates (subject to hydrolysis) is 1. The Hall–Kier alpha value is -8.53. The number of benzene rings is 2. The zero-order valence-electron chi connectivity index (χ0n) is 52.8. The van der Waals surface area contributed by atoms with Crippen molar-refractivity contribution in [2.24, 2.45) is 5.92 Å². The van der Waals surface area contributed by atoms with Gasteiger partial charge in [0.25, 0.3) is 23.6 Å². The van der Waals surface area contributed by atoms with Gasteiger partial charge in [0, 0.05) is 86.0 Å². The number of esters is 1. The Morgan fingerprint density at radius 1 is 0.934 bits per heavy atom. The van der Waals surface area contributed by atoms with Crippen molar-refractivity contribution >= 4 is 82.9 Å². The minimum Gasteiger partial charge on any atom is -0.495 e. The van der Waals surface area contributed by atoms with Crippen molar-refractivity contribution in [3.63, 3.8) is 0 Å². The number of carbonyl (C=O) groups excluding carboxylic acids is 10. The second kappa shape index (κ2) is 31.0. The molecule has 494 valence electrons. The summed E-state index contributed by atoms with van der Waals surface area (Å²) in [6, 6.07) is 6.51. The normalized spacial score (nSPS) is 25.6. The SMILES string of the molecule is COc1cc2cc(c1Cl)N(C)C(=O)[C@H](OC(=O)[C@H](C)N(C)C(=O)CCOC(=O)N(C)CCN(C)C(=O)OCc1ccc(NC(=O)OC3/C=C/CCCCC3)c(C(=O)NCCN3C(=O)C=CC3=O)c1)[C@]1(C)OC1[C@H](C)[C@@H]1C[C@@](O)(NC(=O)O1)[C@H](OC)/C=C/C=C(\C)C2. The highest BCUT2D eigenvalue weighted by Gasteiger charge is 2.67. The summed E-state index contributed by atoms with van der Waals surface area (Å²) < 4.78 is 45.8. The lowest BCUT2D eigenvalue weighted by molar-refractivity contribution is -0.165. The Balaban J connectivity index is 0.932. The molecule has 4 bridgehead atoms. The molecule has 9 amide bonds. The predicted molar refractivity (Wildman–Crippen MR) is 328 cm³/mol. The average molecular weight is 1290 g/mol. The number of aliphatic hydroxyl groups is 1. The highest BCUT2D eigenvalue weighted by molar-refractivity contribution is 6.35. The van der Waals surface area contributed by atoms with Crippen LogP contribution in [0.25, 0.3) is 0 Å². The van der Waals surface area contributed by atoms with Gasteiger partial charge in [0.1, 0.15) is 53.9 Å². The maximum atomic E-state index is 14.9. The van der Waals surface area contributed by atoms with Gasteiger partial charge in [-0.3, -0.25) is 39.5 Å². The van der Waals surface area contributed by atoms with Crippen LogP contribution in [0.2, 0.25) is 5.02 Å². The number of fused-ring (bicyclic) bond motifs is 5. The van der Waals surface area contributed by atoms with Gasteiger partial charge in [-0.15, -0.1) is 0 Å². The molecule has 0 radical (unpaired) electrons. The minimum atomic E-state index is -1.93. The van der Waals surface area contributed by atoms with E-state index in [9.17, 15) is 53.1 Å². The molecule has 2 aromatic carbocycles. The third-order valence-corrected chi connectivity index (χ3v) is 16.9. The highest BCUT2D eigenvalue weighted by atomic mass is 35.5. The van der Waals surface area contributed by atoms with Crippen molar-refractivity contribution in [1.82, 2.24) is 30.2 Å². The molecule has 28 heteroatoms. The van der Waals surface area contributed by atoms with E-state index in [4.69, 9.17) is 49.5 Å². The Bertz CT molecular complexity index is 3210. The summed E-state index contributed by atoms with van der Waals surface area (Å²) in [6.07, 6.45) is 7.01. The molecular weight excluding hydrogens is 1210 g/mol. The third-order valence-electron chi connectivity index (χ3n) is 16.6. The molecule has 4 aliphatic heterocycles. The van der Waals surface area contributed by atoms with Gasteiger partial charge in [-0.2, -0.15) is 0 Å². The van der Waals surface area contributed by atoms with Gasteiger partial charge in [0.2, 0.25) is 12.0 Å². The Morgan fingerprint density at radius 3 is 2.33 bits per heavy atom. The number of hydrogen-bond acceptors (Lipinski definition) is 19. The van der Waals surface area contributed by atoms with Crippen LogP contribution in [0, 0.1) is 5.92 Å². The number of nitrogens with one attached hydrogen (secondary N) is 3. The molecule has 9 atom stereocenters. The van der Waals surface area contributed by atoms with Gasteiger partial charge in [0.15, 0.2) is 5.72 Å². The molecule has 4 N–H and O–H groups in total. The predicted octanol–water partition coefficient (Wildman–Crippen LogP) is 5.94. The van der Waals surface area contributed by atoms with E-state index in [1.807, 2.05) is 19.1 Å². The molecule has 1 aliphatic carbocycles. The number of rotatable bonds is 19. The number of halogens is 1. The van der Waals surface area contributed by atoms with Gasteiger partial charge in [-0.05, 0) is 94.3 Å². The maximum absolute atomic E-state index is 14.9. The van der Waals surface area contributed by atoms with E-state index in [0.29, 0.717) is 24.0 Å². The summed E-state index contributed by atoms with van der Waals surface area (Å²) in [5.74, 6) is -4.54. The van der Waals surface area contributed by atoms with Crippen LogP contribution in [0.15, 0.2) is 78.4 Å². The zero-order chi connectivity index (χ0) is 66.5. The number of nitrogens with zero attached hydrogens (tertiary/aromatic N) is 5. The first-order chi connectivity index (χ1) is 43.2. The largest absolute Gasteiger partial charge is 0.495 e. The number of hydrogen-bond donors (Lipinski definition) is 4. The topological polar surface area (TPSA) is 320 Å². The molecule has 2 unspecified atom stereocenters. The number of ether oxygens (including phenoxy) is 8. The van der Waals surface area contributed by atoms with Crippen molar-refractivity contribution in [1.29, 1.82) is 0 Å². The first-order valence-corrected chi connectivity index (χ1v) is 30.3. The second-order valence-corrected chi connectivity index (χ2v) is 23.6. The van der Waals surface area contributed by atoms with Crippen LogP contribution in [0.1, 0.15) is 94.1 Å². The summed E-state index contributed by atoms with van der Waals surface area (Å²) in [5.41, 5.74) is -1.29. The van der Waals surface area contributed by atoms with Crippen LogP contribution in [-0.2, 0) is 70.2 Å². The van der Waals surface area contributed by atoms with Crippen molar-refractivity contribution in [3.8, 4) is 5.75 Å². The fourth-order valence-corrected chi connectivity index (χ4v) is 11.1. The molecule has 7 rings (SSSR count). The molecule has 27 nitrogen and oxygen atoms in total. The summed E-state index contributed by atoms with van der Waals surface area (Å²) in [4.78, 5) is 138. The number of carbonyl (C=O) groups is 10. The van der Waals surface area contributed by atoms with E-state index >= 15 is 0 Å². The number of allylic oxidation sites excluding steroid dienone is 4. The van der Waals surface area contributed by atoms with Crippen molar-refractivity contribution < 1.29 is 90.9 Å². The van der Waals surface area contributed by atoms with Crippen LogP contribution in [-0.4, -0.2) is 208 Å². The van der Waals surface area contributed by atoms with E-state index in [1.54, 1.807) is 44.2 Å². The monoisotopic (exact) mass is 1290 g/mol. The number of amides is 9. The van der Waals surface area contributed by atoms with Crippen LogP contribution in [0.3, 0.4) is 0 Å². The highest BCUT2D eigenvalue weighted by Crippen LogP contribution is 2.49. The van der Waals surface area contributed by atoms with Crippen LogP contribution < -0.4 is 25.6 Å². The lowest BCUT2D eigenvalue weighted by atomic mass is 9.84. The number of likely N-dealkylation sites (N-methyl/N-ethyl adjacent to an activating group) is 4. The number of epoxide rings is 1. The maximum Gasteiger partial charge on any atom is 0.412 e. The average Bonchev–Trinajstić information content (AvgIpc) is 1.57. The molecule has 0 aromatic heterocycles. The van der Waals surface area contributed by atoms with Crippen LogP contribution >= 0.6 is 11.6 Å². The van der Waals surface area contributed by atoms with E-state index in [0.717, 1.165) is 53.2 Å². The lowest BCUT2D eigenvalue weighted by Gasteiger charge is -2.42. The molecule has 5 aliphatic rings. The summed E-state index contributed by atoms with van der Waals surface area (Å²) >= 11 is 6.86. The lowest BCUT2D eigenvalue weighted by Crippen LogP contribution is -2.63. The molecule has 2 saturated heterocycles. The molecule has 0 spiro atoms. The zero-order valence-corrected chi connectivity index (χ0v) is 53.5. The smallest absolute Gasteiger partial charge is 0.412 e. The Labute approximate surface area is 532 Å². The fourth-order valence-electron chi connectivity index (χ4n) is 10.8. The first kappa shape index (κ1) is 69.9. The van der Waals surface area contributed by atoms with Gasteiger partial charge >= 0.3 is 30.3 Å². The van der Waals surface area contributed by atoms with Gasteiger partial charge in [0.05, 0.1) is 36.6 Å². The Morgan fingerprint density at radius 2 is 1.64 bits per heavy atom. The van der Waals surface area contributed by atoms with Crippen molar-refractivity contribution in [2.75, 3.05) is 85.4 Å². The molecular formula is C63H81ClN8O19. The number of imide groups is 1. The second-order valence-electron chi connectivity index (χ2n) is 23.2. The van der Waals surface area contributed by atoms with E-state index in [-0.39, 0.29) is 73.3 Å². The first-order valence-electron chi connectivity index (χ1n) is 29.9. The Kier molecular flexibility index (Phi) is 23.8. The van der Waals surface area contributed by atoms with Crippen molar-refractivity contribution in [2.45, 2.75) is 134 Å². The number of methoxy groups -OCH3 is 2. The van der Waals surface area contributed by atoms with Gasteiger partial charge < -0.3 is 67.9 Å². The number of anilines is 2. The van der Waals surface area contributed by atoms with E-state index in [1.165, 1.54) is 82.2 Å². The van der Waals surface area contributed by atoms with Gasteiger partial charge in [-0.25, -0.2) is 24.0 Å². The van der Waals surface area contributed by atoms with E-state index < -0.39 is 120 Å². The standard InChI is InChI=1S/C63H81ClN8O19/c1-37-17-16-20-48(85-10)63(83)35-47(89-59(80)67-63)38(2)53-62(4,91-53)54(56(77)71(8)45-33-41(31-37)34-46(84-9)52(45)64)90-57(78)39(3)70(7)49(73)25-30-86-60(81)68(5)28-29-69(6)61(82)87-36-40-21-22-44(66-58(79)88-42-18-14-12-11-13-15-19-42)43(32-40)55(76)65-26-27-72-50(74)23-24-51(72)75/h14,16-18,20-24,32-34,38-39,42,47-48,53-54,83H,11-13,15,19,25-31,35-36H2,1-10H3,(H,65,76)(H,66,79)(H,67,80)/b18-14+,20-16+,37-17+/t38-,39+,42?,47+,48-,53?,54+,62-,63+/m1/s1. The molecule has 4 heterocycles. The molecule has 0 saturated carbocycles. The van der Waals surface area contributed by atoms with E-state index in [2.05, 4.69) is 16.0 Å². The van der Waals surface area contributed by atoms with Crippen LogP contribution in [0.4, 0.5) is 30.6 Å². The third kappa shape index (κ3) is 17.7. The summed E-state index contributed by atoms with van der Waals surface area (Å²) in [6.45, 7) is 5.50. The van der Waals surface area contributed by atoms with Crippen LogP contribution in [0.5, 0.6) is 5.75 Å². The minimum absolute atomic E-state index is 0.0174. The summed E-state index contributed by atoms with van der Waals surface area (Å²) in [7, 11) is 8.44. The van der Waals surface area contributed by atoms with Crippen molar-refractivity contribution in [3.05, 3.63) is 100 Å². The fraction of sp³-hybridized carbons (Fsp3) is 0.524. The molecule has 91 heavy (non-hydrogen) atoms. The molecule has 2 fully saturated rings.